The van der Waals surface area contributed by atoms with E-state index in [1.54, 1.807) is 0 Å². The Bertz CT molecular complexity index is 339. The number of fused-ring (bicyclic) bond motifs is 1. The summed E-state index contributed by atoms with van der Waals surface area (Å²) in [6.45, 7) is 12.0. The molecule has 1 N–H and O–H groups in total. The maximum Gasteiger partial charge on any atom is 0.410 e. The number of unbranched alkanes of at least 4 members (excludes halogenated alkanes) is 1. The van der Waals surface area contributed by atoms with Crippen LogP contribution in [0, 0.1) is 11.8 Å². The minimum absolute atomic E-state index is 0.150. The van der Waals surface area contributed by atoms with Crippen LogP contribution in [0.25, 0.3) is 0 Å². The number of hydrogen-bond acceptors (Lipinski definition) is 3. The Kier molecular flexibility index (Phi) is 4.62. The van der Waals surface area contributed by atoms with Crippen molar-refractivity contribution in [1.29, 1.82) is 0 Å². The molecular weight excluding hydrogens is 252 g/mol. The zero-order valence-corrected chi connectivity index (χ0v) is 13.6. The monoisotopic (exact) mass is 282 g/mol. The first-order valence-corrected chi connectivity index (χ1v) is 8.05. The average molecular weight is 282 g/mol. The Morgan fingerprint density at radius 1 is 1.35 bits per heavy atom. The molecule has 0 radical (unpaired) electrons. The van der Waals surface area contributed by atoms with Crippen molar-refractivity contribution in [3.8, 4) is 0 Å². The second-order valence-corrected chi connectivity index (χ2v) is 7.45. The molecule has 2 rings (SSSR count). The number of nitrogens with zero attached hydrogens (tertiary/aromatic N) is 1. The molecule has 4 nitrogen and oxygen atoms in total. The molecule has 20 heavy (non-hydrogen) atoms. The predicted molar refractivity (Wildman–Crippen MR) is 80.7 cm³/mol. The first-order valence-electron chi connectivity index (χ1n) is 8.05. The lowest BCUT2D eigenvalue weighted by Gasteiger charge is -2.26. The van der Waals surface area contributed by atoms with Crippen molar-refractivity contribution in [2.24, 2.45) is 11.8 Å². The zero-order valence-electron chi connectivity index (χ0n) is 13.6. The van der Waals surface area contributed by atoms with Crippen LogP contribution in [0.3, 0.4) is 0 Å². The molecule has 1 amide bonds. The van der Waals surface area contributed by atoms with E-state index < -0.39 is 5.60 Å². The maximum absolute atomic E-state index is 12.0. The second-order valence-electron chi connectivity index (χ2n) is 7.45. The van der Waals surface area contributed by atoms with E-state index >= 15 is 0 Å². The maximum atomic E-state index is 12.0. The highest BCUT2D eigenvalue weighted by Crippen LogP contribution is 2.46. The van der Waals surface area contributed by atoms with Crippen LogP contribution in [0.1, 0.15) is 53.9 Å². The molecule has 0 aromatic rings. The lowest BCUT2D eigenvalue weighted by molar-refractivity contribution is 0.0268. The third kappa shape index (κ3) is 3.87. The summed E-state index contributed by atoms with van der Waals surface area (Å²) in [6.07, 6.45) is 3.65. The van der Waals surface area contributed by atoms with Crippen LogP contribution in [0.2, 0.25) is 0 Å². The standard InChI is InChI=1S/C16H30N2O2/c1-6-7-8-11(2)17-14-12-9-18(10-13(12)14)15(19)20-16(3,4)5/h11-14,17H,6-10H2,1-5H3. The van der Waals surface area contributed by atoms with Gasteiger partial charge < -0.3 is 15.0 Å². The van der Waals surface area contributed by atoms with E-state index in [1.165, 1.54) is 19.3 Å². The molecule has 1 saturated carbocycles. The van der Waals surface area contributed by atoms with Gasteiger partial charge in [-0.3, -0.25) is 0 Å². The van der Waals surface area contributed by atoms with Gasteiger partial charge in [-0.05, 0) is 46.0 Å². The number of piperidine rings is 1. The van der Waals surface area contributed by atoms with E-state index in [9.17, 15) is 4.79 Å². The van der Waals surface area contributed by atoms with Gasteiger partial charge in [0.1, 0.15) is 5.60 Å². The number of amides is 1. The van der Waals surface area contributed by atoms with Crippen molar-refractivity contribution in [2.45, 2.75) is 71.6 Å². The molecule has 2 aliphatic rings. The number of likely N-dealkylation sites (tertiary alicyclic amines) is 1. The summed E-state index contributed by atoms with van der Waals surface area (Å²) in [6, 6.07) is 1.22. The first kappa shape index (κ1) is 15.6. The highest BCUT2D eigenvalue weighted by Gasteiger charge is 2.57. The van der Waals surface area contributed by atoms with Gasteiger partial charge in [-0.25, -0.2) is 4.79 Å². The van der Waals surface area contributed by atoms with Crippen molar-refractivity contribution >= 4 is 6.09 Å². The van der Waals surface area contributed by atoms with Crippen LogP contribution in [-0.4, -0.2) is 41.8 Å². The van der Waals surface area contributed by atoms with Crippen molar-refractivity contribution in [3.63, 3.8) is 0 Å². The highest BCUT2D eigenvalue weighted by atomic mass is 16.6. The molecule has 4 heteroatoms. The summed E-state index contributed by atoms with van der Waals surface area (Å²) in [5, 5.41) is 3.72. The normalized spacial score (nSPS) is 30.1. The topological polar surface area (TPSA) is 41.6 Å². The van der Waals surface area contributed by atoms with E-state index in [1.807, 2.05) is 25.7 Å². The Hall–Kier alpha value is -0.770. The van der Waals surface area contributed by atoms with Crippen LogP contribution in [0.4, 0.5) is 4.79 Å². The molecule has 3 atom stereocenters. The van der Waals surface area contributed by atoms with Crippen LogP contribution >= 0.6 is 0 Å². The van der Waals surface area contributed by atoms with Crippen LogP contribution in [0.5, 0.6) is 0 Å². The fourth-order valence-electron chi connectivity index (χ4n) is 3.17. The summed E-state index contributed by atoms with van der Waals surface area (Å²) in [5.74, 6) is 1.29. The van der Waals surface area contributed by atoms with E-state index in [0.717, 1.165) is 13.1 Å². The smallest absolute Gasteiger partial charge is 0.410 e. The molecular formula is C16H30N2O2. The van der Waals surface area contributed by atoms with Crippen molar-refractivity contribution in [3.05, 3.63) is 0 Å². The van der Waals surface area contributed by atoms with Gasteiger partial charge in [-0.1, -0.05) is 19.8 Å². The fraction of sp³-hybridized carbons (Fsp3) is 0.938. The average Bonchev–Trinajstić information content (AvgIpc) is 2.79. The molecule has 1 aliphatic heterocycles. The van der Waals surface area contributed by atoms with Gasteiger partial charge in [0.05, 0.1) is 0 Å². The van der Waals surface area contributed by atoms with Crippen molar-refractivity contribution in [1.82, 2.24) is 10.2 Å². The summed E-state index contributed by atoms with van der Waals surface area (Å²) < 4.78 is 5.43. The highest BCUT2D eigenvalue weighted by molar-refractivity contribution is 5.69. The van der Waals surface area contributed by atoms with Gasteiger partial charge >= 0.3 is 6.09 Å². The Morgan fingerprint density at radius 3 is 2.45 bits per heavy atom. The largest absolute Gasteiger partial charge is 0.444 e. The van der Waals surface area contributed by atoms with Gasteiger partial charge in [-0.15, -0.1) is 0 Å². The van der Waals surface area contributed by atoms with Gasteiger partial charge in [0.25, 0.3) is 0 Å². The van der Waals surface area contributed by atoms with E-state index in [2.05, 4.69) is 19.2 Å². The molecule has 0 aromatic carbocycles. The molecule has 116 valence electrons. The summed E-state index contributed by atoms with van der Waals surface area (Å²) >= 11 is 0. The zero-order chi connectivity index (χ0) is 14.9. The minimum Gasteiger partial charge on any atom is -0.444 e. The third-order valence-corrected chi connectivity index (χ3v) is 4.31. The van der Waals surface area contributed by atoms with Crippen molar-refractivity contribution in [2.75, 3.05) is 13.1 Å². The fourth-order valence-corrected chi connectivity index (χ4v) is 3.17. The lowest BCUT2D eigenvalue weighted by atomic mass is 10.1. The van der Waals surface area contributed by atoms with E-state index in [-0.39, 0.29) is 6.09 Å². The first-order chi connectivity index (χ1) is 9.31. The SMILES string of the molecule is CCCCC(C)NC1C2CN(C(=O)OC(C)(C)C)CC21. The number of ether oxygens (including phenoxy) is 1. The summed E-state index contributed by atoms with van der Waals surface area (Å²) in [5.41, 5.74) is -0.393. The van der Waals surface area contributed by atoms with Crippen molar-refractivity contribution < 1.29 is 9.53 Å². The molecule has 1 saturated heterocycles. The van der Waals surface area contributed by atoms with Gasteiger partial charge in [0, 0.05) is 25.2 Å². The number of nitrogens with one attached hydrogen (secondary N) is 1. The summed E-state index contributed by atoms with van der Waals surface area (Å²) in [4.78, 5) is 13.9. The van der Waals surface area contributed by atoms with Crippen LogP contribution in [0.15, 0.2) is 0 Å². The molecule has 0 spiro atoms. The molecule has 0 bridgehead atoms. The molecule has 2 fully saturated rings. The molecule has 3 unspecified atom stereocenters. The number of carbonyl (C=O) groups excluding carboxylic acids is 1. The van der Waals surface area contributed by atoms with E-state index in [4.69, 9.17) is 4.74 Å². The Balaban J connectivity index is 1.70. The number of rotatable bonds is 5. The van der Waals surface area contributed by atoms with Gasteiger partial charge in [-0.2, -0.15) is 0 Å². The molecule has 1 aliphatic carbocycles. The molecule has 1 heterocycles. The van der Waals surface area contributed by atoms with Gasteiger partial charge in [0.2, 0.25) is 0 Å². The Morgan fingerprint density at radius 2 is 1.95 bits per heavy atom. The van der Waals surface area contributed by atoms with Crippen LogP contribution < -0.4 is 5.32 Å². The quantitative estimate of drug-likeness (QED) is 0.843. The second kappa shape index (κ2) is 5.92. The summed E-state index contributed by atoms with van der Waals surface area (Å²) in [7, 11) is 0. The Labute approximate surface area is 123 Å². The molecule has 0 aromatic heterocycles. The number of hydrogen-bond donors (Lipinski definition) is 1. The van der Waals surface area contributed by atoms with Gasteiger partial charge in [0.15, 0.2) is 0 Å². The lowest BCUT2D eigenvalue weighted by Crippen LogP contribution is -2.40. The number of carbonyl (C=O) groups is 1. The predicted octanol–water partition coefficient (Wildman–Crippen LogP) is 3.02. The van der Waals surface area contributed by atoms with E-state index in [0.29, 0.717) is 23.9 Å². The third-order valence-electron chi connectivity index (χ3n) is 4.31. The minimum atomic E-state index is -0.393. The van der Waals surface area contributed by atoms with Crippen LogP contribution in [-0.2, 0) is 4.74 Å².